The van der Waals surface area contributed by atoms with Crippen LogP contribution in [0.15, 0.2) is 29.4 Å². The highest BCUT2D eigenvalue weighted by Gasteiger charge is 2.24. The minimum absolute atomic E-state index is 0.211. The maximum Gasteiger partial charge on any atom is 0.319 e. The number of rotatable bonds is 7. The number of nitrogens with zero attached hydrogens (tertiary/aromatic N) is 3. The number of esters is 1. The lowest BCUT2D eigenvalue weighted by Crippen LogP contribution is -2.20. The number of ether oxygens (including phenoxy) is 1. The average molecular weight is 354 g/mol. The van der Waals surface area contributed by atoms with Gasteiger partial charge in [0.15, 0.2) is 5.16 Å². The van der Waals surface area contributed by atoms with E-state index >= 15 is 0 Å². The van der Waals surface area contributed by atoms with E-state index in [2.05, 4.69) is 10.2 Å². The van der Waals surface area contributed by atoms with Gasteiger partial charge < -0.3 is 4.74 Å². The van der Waals surface area contributed by atoms with Crippen molar-refractivity contribution in [2.75, 3.05) is 6.61 Å². The van der Waals surface area contributed by atoms with Gasteiger partial charge in [-0.05, 0) is 38.5 Å². The molecule has 1 aromatic heterocycles. The number of hydrogen-bond acceptors (Lipinski definition) is 5. The summed E-state index contributed by atoms with van der Waals surface area (Å²) in [6, 6.07) is 7.48. The molecule has 0 bridgehead atoms. The summed E-state index contributed by atoms with van der Waals surface area (Å²) in [5.41, 5.74) is 0.876. The van der Waals surface area contributed by atoms with Crippen LogP contribution in [0.4, 0.5) is 0 Å². The Morgan fingerprint density at radius 3 is 2.83 bits per heavy atom. The Morgan fingerprint density at radius 1 is 1.39 bits per heavy atom. The fourth-order valence-electron chi connectivity index (χ4n) is 2.18. The number of benzene rings is 1. The molecule has 1 aromatic carbocycles. The fraction of sp³-hybridized carbons (Fsp3) is 0.438. The van der Waals surface area contributed by atoms with Gasteiger partial charge in [-0.25, -0.2) is 0 Å². The van der Waals surface area contributed by atoms with Crippen molar-refractivity contribution < 1.29 is 9.53 Å². The molecule has 0 aliphatic heterocycles. The number of hydrogen-bond donors (Lipinski definition) is 0. The molecule has 0 unspecified atom stereocenters. The summed E-state index contributed by atoms with van der Waals surface area (Å²) in [5, 5.41) is 9.36. The zero-order valence-corrected chi connectivity index (χ0v) is 15.0. The summed E-state index contributed by atoms with van der Waals surface area (Å²) < 4.78 is 7.06. The first kappa shape index (κ1) is 17.8. The Hall–Kier alpha value is -1.53. The third kappa shape index (κ3) is 4.48. The molecule has 124 valence electrons. The van der Waals surface area contributed by atoms with Crippen LogP contribution in [0, 0.1) is 6.92 Å². The second-order valence-corrected chi connectivity index (χ2v) is 6.60. The first-order valence-corrected chi connectivity index (χ1v) is 8.83. The molecule has 0 amide bonds. The highest BCUT2D eigenvalue weighted by atomic mass is 35.5. The normalized spacial score (nSPS) is 12.2. The van der Waals surface area contributed by atoms with E-state index in [1.807, 2.05) is 49.6 Å². The van der Waals surface area contributed by atoms with Crippen molar-refractivity contribution in [2.45, 2.75) is 44.0 Å². The van der Waals surface area contributed by atoms with E-state index in [1.165, 1.54) is 11.8 Å². The first-order chi connectivity index (χ1) is 11.1. The predicted octanol–water partition coefficient (Wildman–Crippen LogP) is 4.05. The number of aromatic nitrogens is 3. The van der Waals surface area contributed by atoms with Crippen molar-refractivity contribution >= 4 is 29.3 Å². The van der Waals surface area contributed by atoms with Gasteiger partial charge in [0, 0.05) is 5.02 Å². The van der Waals surface area contributed by atoms with Gasteiger partial charge in [0.1, 0.15) is 11.1 Å². The molecule has 5 nitrogen and oxygen atoms in total. The lowest BCUT2D eigenvalue weighted by molar-refractivity contribution is -0.142. The molecular weight excluding hydrogens is 334 g/mol. The monoisotopic (exact) mass is 353 g/mol. The van der Waals surface area contributed by atoms with Crippen molar-refractivity contribution in [3.8, 4) is 5.69 Å². The largest absolute Gasteiger partial charge is 0.465 e. The highest BCUT2D eigenvalue weighted by molar-refractivity contribution is 8.00. The highest BCUT2D eigenvalue weighted by Crippen LogP contribution is 2.29. The van der Waals surface area contributed by atoms with Crippen LogP contribution in [0.2, 0.25) is 5.02 Å². The van der Waals surface area contributed by atoms with E-state index < -0.39 is 0 Å². The second kappa shape index (κ2) is 8.36. The van der Waals surface area contributed by atoms with E-state index in [-0.39, 0.29) is 11.2 Å². The van der Waals surface area contributed by atoms with Crippen molar-refractivity contribution in [1.82, 2.24) is 14.8 Å². The zero-order chi connectivity index (χ0) is 16.8. The quantitative estimate of drug-likeness (QED) is 0.555. The number of carbonyl (C=O) groups is 1. The topological polar surface area (TPSA) is 57.0 Å². The Labute approximate surface area is 145 Å². The molecule has 2 aromatic rings. The Kier molecular flexibility index (Phi) is 6.47. The van der Waals surface area contributed by atoms with Gasteiger partial charge in [0.05, 0.1) is 12.3 Å². The molecule has 0 N–H and O–H groups in total. The first-order valence-electron chi connectivity index (χ1n) is 7.58. The molecule has 0 aliphatic carbocycles. The van der Waals surface area contributed by atoms with Crippen LogP contribution in [-0.4, -0.2) is 32.6 Å². The summed E-state index contributed by atoms with van der Waals surface area (Å²) in [6.45, 7) is 6.10. The van der Waals surface area contributed by atoms with Crippen LogP contribution in [0.5, 0.6) is 0 Å². The van der Waals surface area contributed by atoms with E-state index in [9.17, 15) is 4.79 Å². The molecule has 0 radical (unpaired) electrons. The number of aryl methyl sites for hydroxylation is 1. The number of carbonyl (C=O) groups excluding carboxylic acids is 1. The fourth-order valence-corrected chi connectivity index (χ4v) is 3.57. The minimum Gasteiger partial charge on any atom is -0.465 e. The average Bonchev–Trinajstić information content (AvgIpc) is 2.88. The zero-order valence-electron chi connectivity index (χ0n) is 13.5. The van der Waals surface area contributed by atoms with Crippen LogP contribution in [0.1, 0.15) is 32.5 Å². The summed E-state index contributed by atoms with van der Waals surface area (Å²) in [4.78, 5) is 12.1. The lowest BCUT2D eigenvalue weighted by atomic mass is 10.2. The lowest BCUT2D eigenvalue weighted by Gasteiger charge is -2.15. The summed E-state index contributed by atoms with van der Waals surface area (Å²) >= 11 is 7.46. The van der Waals surface area contributed by atoms with Crippen LogP contribution in [0.25, 0.3) is 5.69 Å². The Balaban J connectivity index is 2.31. The molecule has 0 saturated heterocycles. The van der Waals surface area contributed by atoms with E-state index in [1.54, 1.807) is 0 Å². The third-order valence-electron chi connectivity index (χ3n) is 3.21. The van der Waals surface area contributed by atoms with Gasteiger partial charge in [-0.3, -0.25) is 9.36 Å². The van der Waals surface area contributed by atoms with Gasteiger partial charge in [-0.1, -0.05) is 42.8 Å². The molecule has 1 atom stereocenters. The van der Waals surface area contributed by atoms with Gasteiger partial charge in [0.2, 0.25) is 0 Å². The van der Waals surface area contributed by atoms with E-state index in [0.29, 0.717) is 16.8 Å². The van der Waals surface area contributed by atoms with Crippen LogP contribution < -0.4 is 0 Å². The Bertz CT molecular complexity index is 675. The molecule has 1 heterocycles. The van der Waals surface area contributed by atoms with Gasteiger partial charge in [-0.2, -0.15) is 0 Å². The van der Waals surface area contributed by atoms with Crippen LogP contribution in [0.3, 0.4) is 0 Å². The summed E-state index contributed by atoms with van der Waals surface area (Å²) in [5.74, 6) is 0.534. The van der Waals surface area contributed by atoms with Crippen LogP contribution >= 0.6 is 23.4 Å². The second-order valence-electron chi connectivity index (χ2n) is 4.99. The molecule has 23 heavy (non-hydrogen) atoms. The van der Waals surface area contributed by atoms with Gasteiger partial charge in [0.25, 0.3) is 0 Å². The van der Waals surface area contributed by atoms with Crippen molar-refractivity contribution in [3.05, 3.63) is 35.1 Å². The van der Waals surface area contributed by atoms with Gasteiger partial charge in [-0.15, -0.1) is 10.2 Å². The molecule has 7 heteroatoms. The summed E-state index contributed by atoms with van der Waals surface area (Å²) in [7, 11) is 0. The van der Waals surface area contributed by atoms with Crippen molar-refractivity contribution in [1.29, 1.82) is 0 Å². The third-order valence-corrected chi connectivity index (χ3v) is 4.63. The molecule has 0 fully saturated rings. The van der Waals surface area contributed by atoms with Gasteiger partial charge >= 0.3 is 5.97 Å². The number of thioether (sulfide) groups is 1. The van der Waals surface area contributed by atoms with E-state index in [4.69, 9.17) is 16.3 Å². The molecule has 0 saturated carbocycles. The number of halogens is 1. The summed E-state index contributed by atoms with van der Waals surface area (Å²) in [6.07, 6.45) is 1.62. The van der Waals surface area contributed by atoms with Crippen LogP contribution in [-0.2, 0) is 9.53 Å². The SMILES string of the molecule is CCC[C@@H](Sc1nnc(C)n1-c1cccc(Cl)c1)C(=O)OCC. The smallest absolute Gasteiger partial charge is 0.319 e. The van der Waals surface area contributed by atoms with E-state index in [0.717, 1.165) is 24.4 Å². The maximum absolute atomic E-state index is 12.1. The predicted molar refractivity (Wildman–Crippen MR) is 92.3 cm³/mol. The van der Waals surface area contributed by atoms with Crippen molar-refractivity contribution in [2.24, 2.45) is 0 Å². The molecule has 0 aliphatic rings. The molecule has 0 spiro atoms. The maximum atomic E-state index is 12.1. The molecule has 2 rings (SSSR count). The Morgan fingerprint density at radius 2 is 2.17 bits per heavy atom. The van der Waals surface area contributed by atoms with Crippen molar-refractivity contribution in [3.63, 3.8) is 0 Å². The standard InChI is InChI=1S/C16H20ClN3O2S/c1-4-7-14(15(21)22-5-2)23-16-19-18-11(3)20(16)13-9-6-8-12(17)10-13/h6,8-10,14H,4-5,7H2,1-3H3/t14-/m1/s1. The minimum atomic E-state index is -0.290. The molecular formula is C16H20ClN3O2S.